The Morgan fingerprint density at radius 3 is 2.70 bits per heavy atom. The maximum atomic E-state index is 12.3. The van der Waals surface area contributed by atoms with E-state index in [0.29, 0.717) is 18.0 Å². The molecule has 0 spiro atoms. The summed E-state index contributed by atoms with van der Waals surface area (Å²) in [7, 11) is 0. The van der Waals surface area contributed by atoms with E-state index in [1.54, 1.807) is 29.1 Å². The number of aryl methyl sites for hydroxylation is 1. The quantitative estimate of drug-likeness (QED) is 0.791. The summed E-state index contributed by atoms with van der Waals surface area (Å²) in [5.41, 5.74) is 0.371. The second-order valence-electron chi connectivity index (χ2n) is 5.04. The van der Waals surface area contributed by atoms with Gasteiger partial charge < -0.3 is 9.67 Å². The molecule has 0 amide bonds. The van der Waals surface area contributed by atoms with E-state index in [4.69, 9.17) is 0 Å². The third kappa shape index (κ3) is 2.68. The predicted octanol–water partition coefficient (Wildman–Crippen LogP) is 1.96. The molecule has 0 unspecified atom stereocenters. The number of nitrogens with zero attached hydrogens (tertiary/aromatic N) is 4. The van der Waals surface area contributed by atoms with Crippen LogP contribution in [0.25, 0.3) is 22.4 Å². The lowest BCUT2D eigenvalue weighted by molar-refractivity contribution is 0.0695. The first kappa shape index (κ1) is 14.8. The standard InChI is InChI=1S/C16H14N4O3/c1-2-7-20-9-12(16(22)23)13(21)11-8-18-14(19-15(11)20)10-3-5-17-6-4-10/h3-6,8-9H,2,7H2,1H3,(H,22,23). The number of fused-ring (bicyclic) bond motifs is 1. The Labute approximate surface area is 131 Å². The number of hydrogen-bond donors (Lipinski definition) is 1. The van der Waals surface area contributed by atoms with Crippen molar-refractivity contribution < 1.29 is 9.90 Å². The lowest BCUT2D eigenvalue weighted by Crippen LogP contribution is -2.20. The zero-order valence-electron chi connectivity index (χ0n) is 12.4. The minimum absolute atomic E-state index is 0.205. The third-order valence-electron chi connectivity index (χ3n) is 3.45. The predicted molar refractivity (Wildman–Crippen MR) is 84.3 cm³/mol. The first-order valence-corrected chi connectivity index (χ1v) is 7.15. The van der Waals surface area contributed by atoms with Gasteiger partial charge in [0.05, 0.1) is 5.39 Å². The van der Waals surface area contributed by atoms with Gasteiger partial charge in [0.1, 0.15) is 11.2 Å². The molecule has 0 fully saturated rings. The molecular weight excluding hydrogens is 296 g/mol. The van der Waals surface area contributed by atoms with Crippen molar-refractivity contribution in [2.75, 3.05) is 0 Å². The Balaban J connectivity index is 2.30. The summed E-state index contributed by atoms with van der Waals surface area (Å²) in [6, 6.07) is 3.55. The van der Waals surface area contributed by atoms with Gasteiger partial charge in [-0.1, -0.05) is 6.92 Å². The highest BCUT2D eigenvalue weighted by molar-refractivity contribution is 5.91. The smallest absolute Gasteiger partial charge is 0.341 e. The fourth-order valence-corrected chi connectivity index (χ4v) is 2.38. The molecule has 0 atom stereocenters. The number of aromatic nitrogens is 4. The first-order valence-electron chi connectivity index (χ1n) is 7.15. The molecule has 0 aromatic carbocycles. The number of rotatable bonds is 4. The fourth-order valence-electron chi connectivity index (χ4n) is 2.38. The van der Waals surface area contributed by atoms with Crippen LogP contribution in [0.15, 0.2) is 41.7 Å². The van der Waals surface area contributed by atoms with Gasteiger partial charge in [0, 0.05) is 36.9 Å². The Morgan fingerprint density at radius 1 is 1.30 bits per heavy atom. The van der Waals surface area contributed by atoms with E-state index in [-0.39, 0.29) is 10.9 Å². The van der Waals surface area contributed by atoms with Crippen LogP contribution < -0.4 is 5.43 Å². The van der Waals surface area contributed by atoms with Crippen LogP contribution in [-0.4, -0.2) is 30.6 Å². The summed E-state index contributed by atoms with van der Waals surface area (Å²) >= 11 is 0. The maximum Gasteiger partial charge on any atom is 0.341 e. The summed E-state index contributed by atoms with van der Waals surface area (Å²) in [6.07, 6.45) is 6.79. The van der Waals surface area contributed by atoms with Gasteiger partial charge in [-0.2, -0.15) is 0 Å². The van der Waals surface area contributed by atoms with Crippen LogP contribution in [0.5, 0.6) is 0 Å². The van der Waals surface area contributed by atoms with Crippen molar-refractivity contribution in [2.45, 2.75) is 19.9 Å². The average molecular weight is 310 g/mol. The van der Waals surface area contributed by atoms with E-state index in [0.717, 1.165) is 12.0 Å². The second-order valence-corrected chi connectivity index (χ2v) is 5.04. The SMILES string of the molecule is CCCn1cc(C(=O)O)c(=O)c2cnc(-c3ccncc3)nc21. The number of carboxylic acids is 1. The molecule has 116 valence electrons. The molecule has 3 aromatic rings. The minimum atomic E-state index is -1.25. The van der Waals surface area contributed by atoms with E-state index in [1.807, 2.05) is 6.92 Å². The normalized spacial score (nSPS) is 10.8. The lowest BCUT2D eigenvalue weighted by Gasteiger charge is -2.11. The van der Waals surface area contributed by atoms with E-state index in [9.17, 15) is 14.7 Å². The third-order valence-corrected chi connectivity index (χ3v) is 3.45. The molecular formula is C16H14N4O3. The molecule has 3 aromatic heterocycles. The van der Waals surface area contributed by atoms with E-state index >= 15 is 0 Å². The van der Waals surface area contributed by atoms with Crippen LogP contribution in [0.2, 0.25) is 0 Å². The number of carboxylic acid groups (broad SMARTS) is 1. The molecule has 0 aliphatic carbocycles. The van der Waals surface area contributed by atoms with Crippen molar-refractivity contribution in [1.29, 1.82) is 0 Å². The summed E-state index contributed by atoms with van der Waals surface area (Å²) < 4.78 is 1.69. The molecule has 0 saturated carbocycles. The van der Waals surface area contributed by atoms with Gasteiger partial charge in [0.25, 0.3) is 0 Å². The molecule has 7 heteroatoms. The fraction of sp³-hybridized carbons (Fsp3) is 0.188. The molecule has 1 N–H and O–H groups in total. The van der Waals surface area contributed by atoms with E-state index in [2.05, 4.69) is 15.0 Å². The monoisotopic (exact) mass is 310 g/mol. The van der Waals surface area contributed by atoms with Crippen LogP contribution in [0.4, 0.5) is 0 Å². The molecule has 3 heterocycles. The molecule has 23 heavy (non-hydrogen) atoms. The summed E-state index contributed by atoms with van der Waals surface area (Å²) in [4.78, 5) is 36.1. The maximum absolute atomic E-state index is 12.3. The highest BCUT2D eigenvalue weighted by Crippen LogP contribution is 2.17. The topological polar surface area (TPSA) is 98.0 Å². The van der Waals surface area contributed by atoms with Crippen molar-refractivity contribution in [3.05, 3.63) is 52.7 Å². The number of carbonyl (C=O) groups is 1. The number of hydrogen-bond acceptors (Lipinski definition) is 5. The lowest BCUT2D eigenvalue weighted by atomic mass is 10.2. The van der Waals surface area contributed by atoms with Crippen LogP contribution in [0.1, 0.15) is 23.7 Å². The zero-order chi connectivity index (χ0) is 16.4. The Bertz CT molecular complexity index is 935. The number of aromatic carboxylic acids is 1. The van der Waals surface area contributed by atoms with Gasteiger partial charge in [-0.3, -0.25) is 9.78 Å². The van der Waals surface area contributed by atoms with Crippen molar-refractivity contribution >= 4 is 17.0 Å². The zero-order valence-corrected chi connectivity index (χ0v) is 12.4. The highest BCUT2D eigenvalue weighted by atomic mass is 16.4. The molecule has 3 rings (SSSR count). The van der Waals surface area contributed by atoms with Crippen LogP contribution in [0.3, 0.4) is 0 Å². The summed E-state index contributed by atoms with van der Waals surface area (Å²) in [6.45, 7) is 2.53. The van der Waals surface area contributed by atoms with Gasteiger partial charge in [-0.25, -0.2) is 14.8 Å². The molecule has 0 saturated heterocycles. The van der Waals surface area contributed by atoms with Gasteiger partial charge in [-0.15, -0.1) is 0 Å². The van der Waals surface area contributed by atoms with Gasteiger partial charge in [-0.05, 0) is 18.6 Å². The molecule has 0 aliphatic heterocycles. The molecule has 0 bridgehead atoms. The average Bonchev–Trinajstić information content (AvgIpc) is 2.57. The minimum Gasteiger partial charge on any atom is -0.477 e. The second kappa shape index (κ2) is 5.96. The van der Waals surface area contributed by atoms with Crippen molar-refractivity contribution in [3.8, 4) is 11.4 Å². The van der Waals surface area contributed by atoms with Gasteiger partial charge >= 0.3 is 5.97 Å². The van der Waals surface area contributed by atoms with Crippen LogP contribution >= 0.6 is 0 Å². The van der Waals surface area contributed by atoms with Crippen LogP contribution in [-0.2, 0) is 6.54 Å². The van der Waals surface area contributed by atoms with E-state index < -0.39 is 11.4 Å². The van der Waals surface area contributed by atoms with Gasteiger partial charge in [0.15, 0.2) is 5.82 Å². The molecule has 0 aliphatic rings. The van der Waals surface area contributed by atoms with Crippen LogP contribution in [0, 0.1) is 0 Å². The Hall–Kier alpha value is -3.09. The van der Waals surface area contributed by atoms with Gasteiger partial charge in [0.2, 0.25) is 5.43 Å². The van der Waals surface area contributed by atoms with Crippen molar-refractivity contribution in [3.63, 3.8) is 0 Å². The van der Waals surface area contributed by atoms with Crippen molar-refractivity contribution in [2.24, 2.45) is 0 Å². The van der Waals surface area contributed by atoms with Crippen molar-refractivity contribution in [1.82, 2.24) is 19.5 Å². The Morgan fingerprint density at radius 2 is 2.04 bits per heavy atom. The van der Waals surface area contributed by atoms with E-state index in [1.165, 1.54) is 12.4 Å². The highest BCUT2D eigenvalue weighted by Gasteiger charge is 2.16. The molecule has 7 nitrogen and oxygen atoms in total. The summed E-state index contributed by atoms with van der Waals surface area (Å²) in [5, 5.41) is 9.39. The summed E-state index contributed by atoms with van der Waals surface area (Å²) in [5.74, 6) is -0.785. The largest absolute Gasteiger partial charge is 0.477 e. The first-order chi connectivity index (χ1) is 11.1. The number of pyridine rings is 2. The molecule has 0 radical (unpaired) electrons. The Kier molecular flexibility index (Phi) is 3.84.